The summed E-state index contributed by atoms with van der Waals surface area (Å²) in [6, 6.07) is 91.6. The predicted molar refractivity (Wildman–Crippen MR) is 325 cm³/mol. The smallest absolute Gasteiger partial charge is 0.0623 e. The molecule has 0 spiro atoms. The van der Waals surface area contributed by atoms with Crippen LogP contribution in [0.1, 0.15) is 25.0 Å². The summed E-state index contributed by atoms with van der Waals surface area (Å²) in [5.74, 6) is 0. The maximum absolute atomic E-state index is 2.58. The first kappa shape index (κ1) is 41.9. The molecule has 76 heavy (non-hydrogen) atoms. The SMILES string of the molecule is CC(C)(Cc1ccc2c3cc4ccc(-c5ccc(-c6ccccc6)cc5)cc4cc3n3c4cc5ccccc5cc4c1c23)c1ccc(-c2ccc3cc4c5cccc6c7cc8ccccc8cc7n(c4cc3c2)c65)cc1. The molecule has 4 heterocycles. The summed E-state index contributed by atoms with van der Waals surface area (Å²) < 4.78 is 5.09. The van der Waals surface area contributed by atoms with E-state index in [-0.39, 0.29) is 5.41 Å². The van der Waals surface area contributed by atoms with E-state index in [2.05, 4.69) is 265 Å². The van der Waals surface area contributed by atoms with Crippen LogP contribution in [0, 0.1) is 0 Å². The molecule has 0 aliphatic heterocycles. The van der Waals surface area contributed by atoms with Crippen molar-refractivity contribution in [3.63, 3.8) is 0 Å². The van der Waals surface area contributed by atoms with Crippen LogP contribution in [-0.4, -0.2) is 8.80 Å². The molecular formula is C74H48N2. The molecule has 0 unspecified atom stereocenters. The summed E-state index contributed by atoms with van der Waals surface area (Å²) in [6.45, 7) is 4.84. The fourth-order valence-corrected chi connectivity index (χ4v) is 13.6. The van der Waals surface area contributed by atoms with Crippen molar-refractivity contribution < 1.29 is 0 Å². The molecule has 0 fully saturated rings. The third-order valence-electron chi connectivity index (χ3n) is 17.4. The summed E-state index contributed by atoms with van der Waals surface area (Å²) in [4.78, 5) is 0. The van der Waals surface area contributed by atoms with E-state index in [0.717, 1.165) is 6.42 Å². The molecule has 0 saturated carbocycles. The average Bonchev–Trinajstić information content (AvgIpc) is 4.38. The van der Waals surface area contributed by atoms with Crippen LogP contribution in [0.5, 0.6) is 0 Å². The number of nitrogens with zero attached hydrogens (tertiary/aromatic N) is 2. The topological polar surface area (TPSA) is 8.82 Å². The zero-order valence-corrected chi connectivity index (χ0v) is 42.2. The molecule has 0 radical (unpaired) electrons. The van der Waals surface area contributed by atoms with Crippen molar-refractivity contribution in [2.45, 2.75) is 25.7 Å². The van der Waals surface area contributed by atoms with Gasteiger partial charge in [-0.05, 0) is 160 Å². The van der Waals surface area contributed by atoms with Gasteiger partial charge in [-0.1, -0.05) is 196 Å². The summed E-state index contributed by atoms with van der Waals surface area (Å²) in [5.41, 5.74) is 17.7. The standard InChI is InChI=1S/C74H48N2/c1-74(2,59-30-27-47(28-31-59)53-24-26-54-36-64-61-18-10-17-60-63-35-48-13-6-8-15-50(48)39-67(63)75(72(60)61)68(64)41-57(54)34-53)43-56-29-32-62-65-37-55-25-23-52(46-21-19-45(20-22-46)44-11-4-3-5-12-44)33-58(55)42-69(65)76-70-40-51-16-9-7-14-49(51)38-66(70)71(56)73(62)76/h3-42H,43H2,1-2H3. The van der Waals surface area contributed by atoms with Crippen molar-refractivity contribution in [1.82, 2.24) is 8.80 Å². The number of benzene rings is 13. The maximum Gasteiger partial charge on any atom is 0.0623 e. The third kappa shape index (κ3) is 5.98. The Morgan fingerprint density at radius 3 is 1.22 bits per heavy atom. The molecule has 4 aromatic heterocycles. The van der Waals surface area contributed by atoms with Gasteiger partial charge in [0.2, 0.25) is 0 Å². The molecule has 0 N–H and O–H groups in total. The highest BCUT2D eigenvalue weighted by atomic mass is 14.9. The van der Waals surface area contributed by atoms with Gasteiger partial charge in [0, 0.05) is 43.1 Å². The summed E-state index contributed by atoms with van der Waals surface area (Å²) in [6.07, 6.45) is 0.903. The number of para-hydroxylation sites is 1. The van der Waals surface area contributed by atoms with E-state index in [1.165, 1.54) is 164 Å². The zero-order valence-electron chi connectivity index (χ0n) is 42.2. The van der Waals surface area contributed by atoms with Gasteiger partial charge < -0.3 is 8.80 Å². The molecule has 0 saturated heterocycles. The second kappa shape index (κ2) is 15.3. The molecular weight excluding hydrogens is 917 g/mol. The Morgan fingerprint density at radius 2 is 0.671 bits per heavy atom. The normalized spacial score (nSPS) is 12.7. The first-order valence-corrected chi connectivity index (χ1v) is 26.8. The highest BCUT2D eigenvalue weighted by molar-refractivity contribution is 6.28. The molecule has 0 aliphatic carbocycles. The van der Waals surface area contributed by atoms with E-state index in [0.29, 0.717) is 0 Å². The summed E-state index contributed by atoms with van der Waals surface area (Å²) >= 11 is 0. The molecule has 0 bridgehead atoms. The van der Waals surface area contributed by atoms with Crippen molar-refractivity contribution in [2.24, 2.45) is 0 Å². The second-order valence-electron chi connectivity index (χ2n) is 22.2. The monoisotopic (exact) mass is 964 g/mol. The number of aromatic nitrogens is 2. The van der Waals surface area contributed by atoms with Crippen LogP contribution >= 0.6 is 0 Å². The largest absolute Gasteiger partial charge is 0.308 e. The van der Waals surface area contributed by atoms with Gasteiger partial charge in [0.15, 0.2) is 0 Å². The van der Waals surface area contributed by atoms with E-state index < -0.39 is 0 Å². The average molecular weight is 965 g/mol. The fraction of sp³-hybridized carbons (Fsp3) is 0.0541. The van der Waals surface area contributed by atoms with E-state index in [1.807, 2.05) is 0 Å². The Labute approximate surface area is 438 Å². The van der Waals surface area contributed by atoms with Gasteiger partial charge in [-0.25, -0.2) is 0 Å². The van der Waals surface area contributed by atoms with Crippen LogP contribution in [0.4, 0.5) is 0 Å². The van der Waals surface area contributed by atoms with Crippen LogP contribution in [0.15, 0.2) is 243 Å². The number of fused-ring (bicyclic) bond motifs is 16. The van der Waals surface area contributed by atoms with Gasteiger partial charge >= 0.3 is 0 Å². The highest BCUT2D eigenvalue weighted by Gasteiger charge is 2.27. The number of hydrogen-bond donors (Lipinski definition) is 0. The molecule has 0 atom stereocenters. The molecule has 17 rings (SSSR count). The van der Waals surface area contributed by atoms with Crippen molar-refractivity contribution in [2.75, 3.05) is 0 Å². The molecule has 0 aliphatic rings. The van der Waals surface area contributed by atoms with Crippen LogP contribution < -0.4 is 0 Å². The quantitative estimate of drug-likeness (QED) is 0.157. The minimum absolute atomic E-state index is 0.140. The zero-order chi connectivity index (χ0) is 50.0. The van der Waals surface area contributed by atoms with Gasteiger partial charge in [-0.3, -0.25) is 0 Å². The Kier molecular flexibility index (Phi) is 8.43. The van der Waals surface area contributed by atoms with Crippen LogP contribution in [0.25, 0.3) is 153 Å². The Morgan fingerprint density at radius 1 is 0.276 bits per heavy atom. The first-order chi connectivity index (χ1) is 37.4. The Bertz CT molecular complexity index is 5250. The van der Waals surface area contributed by atoms with Gasteiger partial charge in [0.25, 0.3) is 0 Å². The van der Waals surface area contributed by atoms with E-state index in [9.17, 15) is 0 Å². The van der Waals surface area contributed by atoms with Gasteiger partial charge in [-0.2, -0.15) is 0 Å². The van der Waals surface area contributed by atoms with Crippen molar-refractivity contribution >= 4 is 119 Å². The van der Waals surface area contributed by atoms with Gasteiger partial charge in [0.1, 0.15) is 0 Å². The molecule has 0 amide bonds. The van der Waals surface area contributed by atoms with Crippen LogP contribution in [0.3, 0.4) is 0 Å². The van der Waals surface area contributed by atoms with E-state index in [4.69, 9.17) is 0 Å². The molecule has 354 valence electrons. The number of hydrogen-bond acceptors (Lipinski definition) is 0. The number of rotatable bonds is 6. The van der Waals surface area contributed by atoms with E-state index >= 15 is 0 Å². The minimum atomic E-state index is -0.140. The van der Waals surface area contributed by atoms with Crippen molar-refractivity contribution in [1.29, 1.82) is 0 Å². The Balaban J connectivity index is 0.746. The third-order valence-corrected chi connectivity index (χ3v) is 17.4. The van der Waals surface area contributed by atoms with E-state index in [1.54, 1.807) is 0 Å². The van der Waals surface area contributed by atoms with Crippen LogP contribution in [0.2, 0.25) is 0 Å². The molecule has 17 aromatic rings. The summed E-state index contributed by atoms with van der Waals surface area (Å²) in [5, 5.41) is 20.7. The predicted octanol–water partition coefficient (Wildman–Crippen LogP) is 20.1. The fourth-order valence-electron chi connectivity index (χ4n) is 13.6. The lowest BCUT2D eigenvalue weighted by Crippen LogP contribution is -2.20. The van der Waals surface area contributed by atoms with Gasteiger partial charge in [-0.15, -0.1) is 0 Å². The van der Waals surface area contributed by atoms with Crippen molar-refractivity contribution in [3.05, 3.63) is 254 Å². The summed E-state index contributed by atoms with van der Waals surface area (Å²) in [7, 11) is 0. The lowest BCUT2D eigenvalue weighted by Gasteiger charge is -2.26. The molecule has 2 nitrogen and oxygen atoms in total. The first-order valence-electron chi connectivity index (χ1n) is 26.8. The highest BCUT2D eigenvalue weighted by Crippen LogP contribution is 2.46. The second-order valence-corrected chi connectivity index (χ2v) is 22.2. The minimum Gasteiger partial charge on any atom is -0.308 e. The molecule has 13 aromatic carbocycles. The lowest BCUT2D eigenvalue weighted by atomic mass is 9.78. The van der Waals surface area contributed by atoms with Crippen molar-refractivity contribution in [3.8, 4) is 33.4 Å². The van der Waals surface area contributed by atoms with Crippen LogP contribution in [-0.2, 0) is 11.8 Å². The van der Waals surface area contributed by atoms with Gasteiger partial charge in [0.05, 0.1) is 33.1 Å². The lowest BCUT2D eigenvalue weighted by molar-refractivity contribution is 0.524. The maximum atomic E-state index is 2.58. The Hall–Kier alpha value is -9.50. The molecule has 2 heteroatoms.